The number of ketones is 1. The highest BCUT2D eigenvalue weighted by molar-refractivity contribution is 5.96. The fourth-order valence-electron chi connectivity index (χ4n) is 1.45. The van der Waals surface area contributed by atoms with Crippen molar-refractivity contribution in [2.24, 2.45) is 5.92 Å². The third-order valence-corrected chi connectivity index (χ3v) is 2.39. The molecule has 1 aromatic rings. The monoisotopic (exact) mass is 220 g/mol. The van der Waals surface area contributed by atoms with Crippen molar-refractivity contribution in [2.45, 2.75) is 34.1 Å². The highest BCUT2D eigenvalue weighted by atomic mass is 16.5. The zero-order valence-corrected chi connectivity index (χ0v) is 10.5. The van der Waals surface area contributed by atoms with Crippen LogP contribution >= 0.6 is 0 Å². The van der Waals surface area contributed by atoms with Crippen LogP contribution < -0.4 is 4.74 Å². The number of rotatable bonds is 5. The molecule has 16 heavy (non-hydrogen) atoms. The number of hydrogen-bond acceptors (Lipinski definition) is 2. The Labute approximate surface area is 97.6 Å². The normalized spacial score (nSPS) is 10.6. The van der Waals surface area contributed by atoms with Gasteiger partial charge in [-0.15, -0.1) is 0 Å². The molecule has 0 aliphatic carbocycles. The van der Waals surface area contributed by atoms with Gasteiger partial charge in [-0.2, -0.15) is 0 Å². The van der Waals surface area contributed by atoms with Crippen molar-refractivity contribution < 1.29 is 9.53 Å². The molecule has 0 unspecified atom stereocenters. The Morgan fingerprint density at radius 3 is 2.56 bits per heavy atom. The van der Waals surface area contributed by atoms with Gasteiger partial charge < -0.3 is 4.74 Å². The minimum atomic E-state index is 0.179. The number of carbonyl (C=O) groups excluding carboxylic acids is 1. The van der Waals surface area contributed by atoms with E-state index in [-0.39, 0.29) is 5.78 Å². The van der Waals surface area contributed by atoms with E-state index in [2.05, 4.69) is 13.8 Å². The van der Waals surface area contributed by atoms with Gasteiger partial charge in [-0.1, -0.05) is 20.8 Å². The third kappa shape index (κ3) is 3.37. The number of ether oxygens (including phenoxy) is 1. The highest BCUT2D eigenvalue weighted by Crippen LogP contribution is 2.20. The largest absolute Gasteiger partial charge is 0.493 e. The van der Waals surface area contributed by atoms with Crippen LogP contribution in [0.3, 0.4) is 0 Å². The van der Waals surface area contributed by atoms with Crippen LogP contribution in [0, 0.1) is 12.8 Å². The summed E-state index contributed by atoms with van der Waals surface area (Å²) < 4.78 is 5.66. The first-order chi connectivity index (χ1) is 7.54. The first-order valence-electron chi connectivity index (χ1n) is 5.81. The molecule has 88 valence electrons. The van der Waals surface area contributed by atoms with Gasteiger partial charge in [0.1, 0.15) is 5.75 Å². The molecule has 2 heteroatoms. The second-order valence-electron chi connectivity index (χ2n) is 4.46. The van der Waals surface area contributed by atoms with E-state index in [0.29, 0.717) is 18.9 Å². The lowest BCUT2D eigenvalue weighted by Crippen LogP contribution is -2.06. The summed E-state index contributed by atoms with van der Waals surface area (Å²) in [6.07, 6.45) is 0.547. The molecule has 0 saturated heterocycles. The van der Waals surface area contributed by atoms with E-state index in [4.69, 9.17) is 4.74 Å². The maximum atomic E-state index is 11.5. The summed E-state index contributed by atoms with van der Waals surface area (Å²) in [5.74, 6) is 1.57. The van der Waals surface area contributed by atoms with Crippen molar-refractivity contribution in [1.82, 2.24) is 0 Å². The molecule has 0 radical (unpaired) electrons. The molecule has 0 atom stereocenters. The van der Waals surface area contributed by atoms with Gasteiger partial charge in [0, 0.05) is 12.0 Å². The minimum absolute atomic E-state index is 0.179. The summed E-state index contributed by atoms with van der Waals surface area (Å²) in [5, 5.41) is 0. The zero-order valence-electron chi connectivity index (χ0n) is 10.5. The quantitative estimate of drug-likeness (QED) is 0.708. The molecule has 0 spiro atoms. The predicted octanol–water partition coefficient (Wildman–Crippen LogP) is 3.62. The molecule has 1 rings (SSSR count). The number of carbonyl (C=O) groups is 1. The van der Waals surface area contributed by atoms with Crippen LogP contribution in [-0.2, 0) is 0 Å². The van der Waals surface area contributed by atoms with Gasteiger partial charge in [0.25, 0.3) is 0 Å². The Morgan fingerprint density at radius 1 is 1.38 bits per heavy atom. The number of hydrogen-bond donors (Lipinski definition) is 0. The summed E-state index contributed by atoms with van der Waals surface area (Å²) in [6.45, 7) is 8.79. The van der Waals surface area contributed by atoms with Gasteiger partial charge in [0.2, 0.25) is 0 Å². The van der Waals surface area contributed by atoms with Crippen molar-refractivity contribution in [2.75, 3.05) is 6.61 Å². The van der Waals surface area contributed by atoms with Crippen LogP contribution in [0.4, 0.5) is 0 Å². The summed E-state index contributed by atoms with van der Waals surface area (Å²) in [7, 11) is 0. The van der Waals surface area contributed by atoms with E-state index in [1.54, 1.807) is 0 Å². The van der Waals surface area contributed by atoms with E-state index in [1.807, 2.05) is 32.0 Å². The van der Waals surface area contributed by atoms with Gasteiger partial charge in [-0.3, -0.25) is 4.79 Å². The molecule has 2 nitrogen and oxygen atoms in total. The topological polar surface area (TPSA) is 26.3 Å². The molecule has 0 N–H and O–H groups in total. The lowest BCUT2D eigenvalue weighted by molar-refractivity contribution is 0.0988. The zero-order chi connectivity index (χ0) is 12.1. The summed E-state index contributed by atoms with van der Waals surface area (Å²) in [4.78, 5) is 11.5. The molecule has 0 aliphatic heterocycles. The van der Waals surface area contributed by atoms with Crippen LogP contribution in [0.15, 0.2) is 18.2 Å². The molecule has 0 heterocycles. The van der Waals surface area contributed by atoms with Crippen LogP contribution in [0.5, 0.6) is 5.75 Å². The molecule has 0 aliphatic rings. The van der Waals surface area contributed by atoms with Gasteiger partial charge in [0.15, 0.2) is 5.78 Å². The van der Waals surface area contributed by atoms with Crippen LogP contribution in [0.2, 0.25) is 0 Å². The number of Topliss-reactive ketones (excluding diaryl/α,β-unsaturated/α-hetero) is 1. The van der Waals surface area contributed by atoms with Crippen LogP contribution in [-0.4, -0.2) is 12.4 Å². The van der Waals surface area contributed by atoms with Crippen molar-refractivity contribution in [1.29, 1.82) is 0 Å². The Hall–Kier alpha value is -1.31. The smallest absolute Gasteiger partial charge is 0.162 e. The Balaban J connectivity index is 2.79. The van der Waals surface area contributed by atoms with E-state index in [1.165, 1.54) is 0 Å². The predicted molar refractivity (Wildman–Crippen MR) is 66.1 cm³/mol. The number of aryl methyl sites for hydroxylation is 1. The van der Waals surface area contributed by atoms with Crippen molar-refractivity contribution in [3.63, 3.8) is 0 Å². The molecular weight excluding hydrogens is 200 g/mol. The van der Waals surface area contributed by atoms with Crippen LogP contribution in [0.25, 0.3) is 0 Å². The van der Waals surface area contributed by atoms with Gasteiger partial charge in [-0.25, -0.2) is 0 Å². The van der Waals surface area contributed by atoms with Crippen molar-refractivity contribution in [3.05, 3.63) is 29.3 Å². The summed E-state index contributed by atoms with van der Waals surface area (Å²) in [5.41, 5.74) is 1.80. The first kappa shape index (κ1) is 12.8. The third-order valence-electron chi connectivity index (χ3n) is 2.39. The average Bonchev–Trinajstić information content (AvgIpc) is 2.26. The van der Waals surface area contributed by atoms with Gasteiger partial charge in [-0.05, 0) is 36.6 Å². The lowest BCUT2D eigenvalue weighted by Gasteiger charge is -2.11. The highest BCUT2D eigenvalue weighted by Gasteiger charge is 2.06. The maximum absolute atomic E-state index is 11.5. The number of benzene rings is 1. The molecule has 0 bridgehead atoms. The lowest BCUT2D eigenvalue weighted by atomic mass is 10.1. The van der Waals surface area contributed by atoms with E-state index in [0.717, 1.165) is 16.9 Å². The molecule has 0 amide bonds. The summed E-state index contributed by atoms with van der Waals surface area (Å²) in [6, 6.07) is 5.64. The Kier molecular flexibility index (Phi) is 4.53. The second kappa shape index (κ2) is 5.69. The van der Waals surface area contributed by atoms with Crippen molar-refractivity contribution in [3.8, 4) is 5.75 Å². The average molecular weight is 220 g/mol. The molecule has 0 saturated carbocycles. The van der Waals surface area contributed by atoms with Crippen molar-refractivity contribution >= 4 is 5.78 Å². The summed E-state index contributed by atoms with van der Waals surface area (Å²) >= 11 is 0. The first-order valence-corrected chi connectivity index (χ1v) is 5.81. The fraction of sp³-hybridized carbons (Fsp3) is 0.500. The molecule has 1 aromatic carbocycles. The van der Waals surface area contributed by atoms with Crippen LogP contribution in [0.1, 0.15) is 43.1 Å². The maximum Gasteiger partial charge on any atom is 0.162 e. The molecule has 0 aromatic heterocycles. The standard InChI is InChI=1S/C14H20O2/c1-5-13(15)12-6-7-14(11(4)8-12)16-9-10(2)3/h6-8,10H,5,9H2,1-4H3. The molecular formula is C14H20O2. The Bertz CT molecular complexity index is 367. The second-order valence-corrected chi connectivity index (χ2v) is 4.46. The fourth-order valence-corrected chi connectivity index (χ4v) is 1.45. The van der Waals surface area contributed by atoms with E-state index < -0.39 is 0 Å². The van der Waals surface area contributed by atoms with Gasteiger partial charge in [0.05, 0.1) is 6.61 Å². The van der Waals surface area contributed by atoms with Gasteiger partial charge >= 0.3 is 0 Å². The minimum Gasteiger partial charge on any atom is -0.493 e. The molecule has 0 fully saturated rings. The Morgan fingerprint density at radius 2 is 2.06 bits per heavy atom. The van der Waals surface area contributed by atoms with E-state index in [9.17, 15) is 4.79 Å². The van der Waals surface area contributed by atoms with E-state index >= 15 is 0 Å². The SMILES string of the molecule is CCC(=O)c1ccc(OCC(C)C)c(C)c1.